The van der Waals surface area contributed by atoms with E-state index in [2.05, 4.69) is 10.6 Å². The van der Waals surface area contributed by atoms with Crippen LogP contribution in [0.5, 0.6) is 0 Å². The topological polar surface area (TPSA) is 95.6 Å². The number of fused-ring (bicyclic) bond motifs is 1. The quantitative estimate of drug-likeness (QED) is 0.617. The number of anilines is 1. The monoisotopic (exact) mass is 433 g/mol. The van der Waals surface area contributed by atoms with Gasteiger partial charge in [0.25, 0.3) is 17.7 Å². The van der Waals surface area contributed by atoms with Gasteiger partial charge in [0.15, 0.2) is 0 Å². The fourth-order valence-electron chi connectivity index (χ4n) is 3.76. The van der Waals surface area contributed by atoms with Crippen LogP contribution in [-0.2, 0) is 4.79 Å². The molecule has 2 aliphatic rings. The third kappa shape index (κ3) is 4.42. The van der Waals surface area contributed by atoms with E-state index in [4.69, 9.17) is 0 Å². The molecule has 0 bridgehead atoms. The largest absolute Gasteiger partial charge is 0.346 e. The molecule has 7 heteroatoms. The van der Waals surface area contributed by atoms with Gasteiger partial charge < -0.3 is 10.6 Å². The highest BCUT2D eigenvalue weighted by Crippen LogP contribution is 2.30. The van der Waals surface area contributed by atoms with Crippen LogP contribution in [0.25, 0.3) is 0 Å². The van der Waals surface area contributed by atoms with E-state index in [-0.39, 0.29) is 41.2 Å². The molecule has 2 aromatic rings. The molecule has 4 amide bonds. The Morgan fingerprint density at radius 3 is 2.38 bits per heavy atom. The van der Waals surface area contributed by atoms with Crippen LogP contribution in [0, 0.1) is 5.92 Å². The van der Waals surface area contributed by atoms with Crippen molar-refractivity contribution in [2.75, 3.05) is 11.9 Å². The molecule has 166 valence electrons. The molecule has 0 spiro atoms. The number of carbonyl (C=O) groups excluding carboxylic acids is 4. The van der Waals surface area contributed by atoms with Gasteiger partial charge in [0, 0.05) is 23.7 Å². The van der Waals surface area contributed by atoms with Crippen molar-refractivity contribution in [1.29, 1.82) is 0 Å². The maximum absolute atomic E-state index is 12.8. The minimum Gasteiger partial charge on any atom is -0.346 e. The number of hydrogen-bond donors (Lipinski definition) is 2. The molecular formula is C25H27N3O4. The Balaban J connectivity index is 1.41. The van der Waals surface area contributed by atoms with E-state index in [1.807, 2.05) is 38.1 Å². The number of nitrogens with zero attached hydrogens (tertiary/aromatic N) is 1. The number of unbranched alkanes of at least 4 members (excludes halogenated alkanes) is 1. The van der Waals surface area contributed by atoms with Crippen molar-refractivity contribution in [3.05, 3.63) is 64.7 Å². The van der Waals surface area contributed by atoms with Gasteiger partial charge in [-0.25, -0.2) is 0 Å². The first-order valence-corrected chi connectivity index (χ1v) is 11.1. The van der Waals surface area contributed by atoms with Gasteiger partial charge in [-0.1, -0.05) is 25.5 Å². The molecule has 1 aliphatic heterocycles. The maximum Gasteiger partial charge on any atom is 0.261 e. The minimum atomic E-state index is -0.343. The molecule has 1 heterocycles. The summed E-state index contributed by atoms with van der Waals surface area (Å²) in [7, 11) is 0. The number of rotatable bonds is 8. The van der Waals surface area contributed by atoms with Gasteiger partial charge in [-0.05, 0) is 62.1 Å². The second-order valence-corrected chi connectivity index (χ2v) is 8.46. The smallest absolute Gasteiger partial charge is 0.261 e. The van der Waals surface area contributed by atoms with Crippen LogP contribution in [0.4, 0.5) is 5.69 Å². The van der Waals surface area contributed by atoms with E-state index >= 15 is 0 Å². The summed E-state index contributed by atoms with van der Waals surface area (Å²) < 4.78 is 0. The Hall–Kier alpha value is -3.48. The molecule has 1 fully saturated rings. The van der Waals surface area contributed by atoms with Gasteiger partial charge in [0.05, 0.1) is 17.2 Å². The second-order valence-electron chi connectivity index (χ2n) is 8.46. The van der Waals surface area contributed by atoms with Gasteiger partial charge in [-0.3, -0.25) is 24.1 Å². The number of benzene rings is 2. The van der Waals surface area contributed by atoms with Crippen LogP contribution < -0.4 is 10.6 Å². The second kappa shape index (κ2) is 8.94. The summed E-state index contributed by atoms with van der Waals surface area (Å²) in [4.78, 5) is 51.0. The zero-order valence-corrected chi connectivity index (χ0v) is 18.3. The fourth-order valence-corrected chi connectivity index (χ4v) is 3.76. The summed E-state index contributed by atoms with van der Waals surface area (Å²) in [6.45, 7) is 4.25. The van der Waals surface area contributed by atoms with Crippen LogP contribution >= 0.6 is 0 Å². The van der Waals surface area contributed by atoms with E-state index in [1.165, 1.54) is 11.0 Å². The first kappa shape index (κ1) is 21.7. The summed E-state index contributed by atoms with van der Waals surface area (Å²) >= 11 is 0. The van der Waals surface area contributed by atoms with Crippen LogP contribution in [-0.4, -0.2) is 35.1 Å². The molecule has 1 atom stereocenters. The van der Waals surface area contributed by atoms with Crippen molar-refractivity contribution in [3.8, 4) is 0 Å². The van der Waals surface area contributed by atoms with Crippen molar-refractivity contribution in [2.45, 2.75) is 45.6 Å². The number of hydrogen-bond acceptors (Lipinski definition) is 4. The molecule has 2 aromatic carbocycles. The van der Waals surface area contributed by atoms with Crippen molar-refractivity contribution in [2.24, 2.45) is 5.92 Å². The third-order valence-electron chi connectivity index (χ3n) is 5.94. The lowest BCUT2D eigenvalue weighted by atomic mass is 10.0. The van der Waals surface area contributed by atoms with Gasteiger partial charge in [-0.2, -0.15) is 0 Å². The molecular weight excluding hydrogens is 406 g/mol. The average molecular weight is 434 g/mol. The lowest BCUT2D eigenvalue weighted by Crippen LogP contribution is -2.30. The molecule has 0 radical (unpaired) electrons. The highest BCUT2D eigenvalue weighted by atomic mass is 16.2. The van der Waals surface area contributed by atoms with Crippen LogP contribution in [0.1, 0.15) is 82.2 Å². The standard InChI is InChI=1S/C25H27N3O4/c1-3-4-13-28-24(31)20-12-9-18(14-21(20)25(28)32)23(30)26-15(2)16-7-10-19(11-8-16)27-22(29)17-5-6-17/h7-12,14-15,17H,3-6,13H2,1-2H3,(H,26,30)(H,27,29). The first-order chi connectivity index (χ1) is 15.4. The van der Waals surface area contributed by atoms with E-state index < -0.39 is 0 Å². The van der Waals surface area contributed by atoms with E-state index in [9.17, 15) is 19.2 Å². The molecule has 0 aromatic heterocycles. The molecule has 4 rings (SSSR count). The van der Waals surface area contributed by atoms with Crippen LogP contribution in [0.3, 0.4) is 0 Å². The van der Waals surface area contributed by atoms with Crippen LogP contribution in [0.2, 0.25) is 0 Å². The first-order valence-electron chi connectivity index (χ1n) is 11.1. The van der Waals surface area contributed by atoms with E-state index in [0.717, 1.165) is 36.9 Å². The number of carbonyl (C=O) groups is 4. The summed E-state index contributed by atoms with van der Waals surface area (Å²) in [6, 6.07) is 11.7. The zero-order chi connectivity index (χ0) is 22.8. The van der Waals surface area contributed by atoms with Gasteiger partial charge in [0.1, 0.15) is 0 Å². The Bertz CT molecular complexity index is 1070. The normalized spacial score (nSPS) is 16.0. The van der Waals surface area contributed by atoms with Crippen molar-refractivity contribution in [1.82, 2.24) is 10.2 Å². The third-order valence-corrected chi connectivity index (χ3v) is 5.94. The maximum atomic E-state index is 12.8. The van der Waals surface area contributed by atoms with Crippen LogP contribution in [0.15, 0.2) is 42.5 Å². The molecule has 1 saturated carbocycles. The lowest BCUT2D eigenvalue weighted by Gasteiger charge is -2.15. The van der Waals surface area contributed by atoms with E-state index in [1.54, 1.807) is 12.1 Å². The number of imide groups is 1. The summed E-state index contributed by atoms with van der Waals surface area (Å²) in [5, 5.41) is 5.82. The van der Waals surface area contributed by atoms with Crippen molar-refractivity contribution in [3.63, 3.8) is 0 Å². The summed E-state index contributed by atoms with van der Waals surface area (Å²) in [5.41, 5.74) is 2.59. The Labute approximate surface area is 187 Å². The summed E-state index contributed by atoms with van der Waals surface area (Å²) in [5.74, 6) is -0.769. The SMILES string of the molecule is CCCCN1C(=O)c2ccc(C(=O)NC(C)c3ccc(NC(=O)C4CC4)cc3)cc2C1=O. The van der Waals surface area contributed by atoms with E-state index in [0.29, 0.717) is 17.7 Å². The molecule has 32 heavy (non-hydrogen) atoms. The summed E-state index contributed by atoms with van der Waals surface area (Å²) in [6.07, 6.45) is 3.53. The van der Waals surface area contributed by atoms with Crippen molar-refractivity contribution < 1.29 is 19.2 Å². The molecule has 1 unspecified atom stereocenters. The Morgan fingerprint density at radius 1 is 1.03 bits per heavy atom. The van der Waals surface area contributed by atoms with Gasteiger partial charge >= 0.3 is 0 Å². The Kier molecular flexibility index (Phi) is 6.08. The molecule has 0 saturated heterocycles. The predicted octanol–water partition coefficient (Wildman–Crippen LogP) is 3.92. The van der Waals surface area contributed by atoms with Gasteiger partial charge in [0.2, 0.25) is 5.91 Å². The molecule has 2 N–H and O–H groups in total. The Morgan fingerprint density at radius 2 is 1.72 bits per heavy atom. The number of nitrogens with one attached hydrogen (secondary N) is 2. The highest BCUT2D eigenvalue weighted by Gasteiger charge is 2.35. The van der Waals surface area contributed by atoms with Gasteiger partial charge in [-0.15, -0.1) is 0 Å². The predicted molar refractivity (Wildman–Crippen MR) is 120 cm³/mol. The fraction of sp³-hybridized carbons (Fsp3) is 0.360. The molecule has 7 nitrogen and oxygen atoms in total. The van der Waals surface area contributed by atoms with Crippen molar-refractivity contribution >= 4 is 29.3 Å². The minimum absolute atomic E-state index is 0.0528. The lowest BCUT2D eigenvalue weighted by molar-refractivity contribution is -0.117. The molecule has 1 aliphatic carbocycles. The highest BCUT2D eigenvalue weighted by molar-refractivity contribution is 6.22. The average Bonchev–Trinajstić information content (AvgIpc) is 3.61. The number of amides is 4. The zero-order valence-electron chi connectivity index (χ0n) is 18.3.